The second-order valence-corrected chi connectivity index (χ2v) is 6.00. The van der Waals surface area contributed by atoms with Gasteiger partial charge in [0.25, 0.3) is 0 Å². The topological polar surface area (TPSA) is 45.6 Å². The lowest BCUT2D eigenvalue weighted by Crippen LogP contribution is -2.23. The van der Waals surface area contributed by atoms with Crippen LogP contribution in [0.5, 0.6) is 5.75 Å². The molecular weight excluding hydrogens is 330 g/mol. The molecule has 0 heterocycles. The molecule has 0 saturated carbocycles. The highest BCUT2D eigenvalue weighted by Gasteiger charge is 2.04. The van der Waals surface area contributed by atoms with Crippen molar-refractivity contribution in [2.45, 2.75) is 6.92 Å². The molecule has 0 fully saturated rings. The van der Waals surface area contributed by atoms with Crippen LogP contribution in [0.4, 0.5) is 5.69 Å². The van der Waals surface area contributed by atoms with Crippen molar-refractivity contribution in [3.05, 3.63) is 71.8 Å². The van der Waals surface area contributed by atoms with Gasteiger partial charge in [0.15, 0.2) is 5.11 Å². The van der Waals surface area contributed by atoms with Crippen LogP contribution in [0.15, 0.2) is 65.8 Å². The number of hydrogen-bond donors (Lipinski definition) is 2. The molecule has 3 rings (SSSR count). The highest BCUT2D eigenvalue weighted by Crippen LogP contribution is 2.27. The number of methoxy groups -OCH3 is 1. The molecule has 0 spiro atoms. The third-order valence-corrected chi connectivity index (χ3v) is 4.01. The molecule has 0 aliphatic rings. The number of fused-ring (bicyclic) bond motifs is 1. The Balaban J connectivity index is 1.71. The summed E-state index contributed by atoms with van der Waals surface area (Å²) in [6.07, 6.45) is 1.75. The number of hydrazone groups is 1. The summed E-state index contributed by atoms with van der Waals surface area (Å²) in [5.74, 6) is 0.845. The van der Waals surface area contributed by atoms with Gasteiger partial charge in [0.2, 0.25) is 0 Å². The Hall–Kier alpha value is -2.92. The lowest BCUT2D eigenvalue weighted by atomic mass is 10.0. The molecule has 0 unspecified atom stereocenters. The van der Waals surface area contributed by atoms with Crippen molar-refractivity contribution in [3.8, 4) is 5.75 Å². The minimum Gasteiger partial charge on any atom is -0.496 e. The van der Waals surface area contributed by atoms with Gasteiger partial charge in [-0.2, -0.15) is 5.10 Å². The molecular formula is C20H19N3OS. The van der Waals surface area contributed by atoms with Crippen LogP contribution in [0, 0.1) is 6.92 Å². The molecule has 0 saturated heterocycles. The molecule has 0 aromatic heterocycles. The maximum atomic E-state index is 5.41. The molecule has 3 aromatic rings. The van der Waals surface area contributed by atoms with E-state index in [1.165, 1.54) is 5.56 Å². The molecule has 0 atom stereocenters. The number of nitrogens with zero attached hydrogens (tertiary/aromatic N) is 1. The molecule has 0 radical (unpaired) electrons. The second-order valence-electron chi connectivity index (χ2n) is 5.59. The van der Waals surface area contributed by atoms with Crippen molar-refractivity contribution in [3.63, 3.8) is 0 Å². The number of hydrogen-bond acceptors (Lipinski definition) is 3. The average molecular weight is 349 g/mol. The van der Waals surface area contributed by atoms with Gasteiger partial charge in [-0.1, -0.05) is 42.0 Å². The van der Waals surface area contributed by atoms with Crippen molar-refractivity contribution in [2.75, 3.05) is 12.4 Å². The van der Waals surface area contributed by atoms with Crippen molar-refractivity contribution >= 4 is 40.0 Å². The predicted molar refractivity (Wildman–Crippen MR) is 109 cm³/mol. The van der Waals surface area contributed by atoms with Crippen LogP contribution in [0.3, 0.4) is 0 Å². The minimum absolute atomic E-state index is 0.443. The van der Waals surface area contributed by atoms with Crippen LogP contribution in [-0.2, 0) is 0 Å². The van der Waals surface area contributed by atoms with E-state index >= 15 is 0 Å². The Bertz CT molecular complexity index is 920. The van der Waals surface area contributed by atoms with Crippen LogP contribution in [0.1, 0.15) is 11.1 Å². The number of aryl methyl sites for hydroxylation is 1. The van der Waals surface area contributed by atoms with E-state index in [-0.39, 0.29) is 0 Å². The fourth-order valence-corrected chi connectivity index (χ4v) is 2.71. The molecule has 0 aliphatic heterocycles. The van der Waals surface area contributed by atoms with E-state index in [1.54, 1.807) is 13.3 Å². The third-order valence-electron chi connectivity index (χ3n) is 3.82. The summed E-state index contributed by atoms with van der Waals surface area (Å²) in [6, 6.07) is 20.0. The van der Waals surface area contributed by atoms with E-state index < -0.39 is 0 Å². The van der Waals surface area contributed by atoms with Crippen molar-refractivity contribution in [1.82, 2.24) is 5.43 Å². The Labute approximate surface area is 152 Å². The summed E-state index contributed by atoms with van der Waals surface area (Å²) < 4.78 is 5.41. The second kappa shape index (κ2) is 7.77. The molecule has 4 nitrogen and oxygen atoms in total. The van der Waals surface area contributed by atoms with Gasteiger partial charge in [-0.15, -0.1) is 0 Å². The van der Waals surface area contributed by atoms with Gasteiger partial charge >= 0.3 is 0 Å². The number of ether oxygens (including phenoxy) is 1. The first kappa shape index (κ1) is 16.9. The quantitative estimate of drug-likeness (QED) is 0.414. The molecule has 0 aliphatic carbocycles. The zero-order valence-corrected chi connectivity index (χ0v) is 14.9. The van der Waals surface area contributed by atoms with Crippen molar-refractivity contribution in [1.29, 1.82) is 0 Å². The lowest BCUT2D eigenvalue weighted by Gasteiger charge is -2.08. The highest BCUT2D eigenvalue weighted by atomic mass is 32.1. The maximum Gasteiger partial charge on any atom is 0.191 e. The Morgan fingerprint density at radius 3 is 2.44 bits per heavy atom. The molecule has 3 aromatic carbocycles. The molecule has 0 bridgehead atoms. The fourth-order valence-electron chi connectivity index (χ4n) is 2.54. The summed E-state index contributed by atoms with van der Waals surface area (Å²) in [5.41, 5.74) is 5.96. The van der Waals surface area contributed by atoms with Crippen LogP contribution >= 0.6 is 12.2 Å². The summed E-state index contributed by atoms with van der Waals surface area (Å²) in [4.78, 5) is 0. The number of thiocarbonyl (C=S) groups is 1. The van der Waals surface area contributed by atoms with Crippen LogP contribution < -0.4 is 15.5 Å². The summed E-state index contributed by atoms with van der Waals surface area (Å²) in [6.45, 7) is 2.05. The van der Waals surface area contributed by atoms with E-state index in [9.17, 15) is 0 Å². The number of nitrogens with one attached hydrogen (secondary N) is 2. The molecule has 0 amide bonds. The zero-order valence-electron chi connectivity index (χ0n) is 14.1. The normalized spacial score (nSPS) is 10.8. The smallest absolute Gasteiger partial charge is 0.191 e. The first-order valence-electron chi connectivity index (χ1n) is 7.90. The maximum absolute atomic E-state index is 5.41. The number of rotatable bonds is 4. The number of benzene rings is 3. The van der Waals surface area contributed by atoms with Gasteiger partial charge in [-0.3, -0.25) is 5.43 Å². The third kappa shape index (κ3) is 4.14. The monoisotopic (exact) mass is 349 g/mol. The van der Waals surface area contributed by atoms with E-state index in [4.69, 9.17) is 17.0 Å². The summed E-state index contributed by atoms with van der Waals surface area (Å²) in [7, 11) is 1.67. The standard InChI is InChI=1S/C20H19N3OS/c1-14-7-10-16(11-8-14)22-20(25)23-21-13-15-9-12-19(24-2)18-6-4-3-5-17(15)18/h3-13H,1-2H3,(H2,22,23,25)/b21-13+. The number of anilines is 1. The first-order chi connectivity index (χ1) is 12.2. The van der Waals surface area contributed by atoms with Gasteiger partial charge in [-0.25, -0.2) is 0 Å². The Morgan fingerprint density at radius 1 is 1.00 bits per heavy atom. The van der Waals surface area contributed by atoms with Crippen LogP contribution in [0.2, 0.25) is 0 Å². The van der Waals surface area contributed by atoms with Crippen LogP contribution in [0.25, 0.3) is 10.8 Å². The first-order valence-corrected chi connectivity index (χ1v) is 8.30. The van der Waals surface area contributed by atoms with Gasteiger partial charge in [0.05, 0.1) is 13.3 Å². The van der Waals surface area contributed by atoms with Gasteiger partial charge in [-0.05, 0) is 48.8 Å². The predicted octanol–water partition coefficient (Wildman–Crippen LogP) is 4.48. The van der Waals surface area contributed by atoms with E-state index in [2.05, 4.69) is 15.8 Å². The molecule has 2 N–H and O–H groups in total. The van der Waals surface area contributed by atoms with E-state index in [1.807, 2.05) is 67.6 Å². The van der Waals surface area contributed by atoms with Gasteiger partial charge < -0.3 is 10.1 Å². The molecule has 25 heavy (non-hydrogen) atoms. The Morgan fingerprint density at radius 2 is 1.72 bits per heavy atom. The fraction of sp³-hybridized carbons (Fsp3) is 0.100. The van der Waals surface area contributed by atoms with E-state index in [0.29, 0.717) is 5.11 Å². The zero-order chi connectivity index (χ0) is 17.6. The highest BCUT2D eigenvalue weighted by molar-refractivity contribution is 7.80. The van der Waals surface area contributed by atoms with Crippen molar-refractivity contribution in [2.24, 2.45) is 5.10 Å². The largest absolute Gasteiger partial charge is 0.496 e. The summed E-state index contributed by atoms with van der Waals surface area (Å²) in [5, 5.41) is 9.91. The average Bonchev–Trinajstić information content (AvgIpc) is 2.64. The molecule has 5 heteroatoms. The molecule has 126 valence electrons. The van der Waals surface area contributed by atoms with Gasteiger partial charge in [0, 0.05) is 16.6 Å². The Kier molecular flexibility index (Phi) is 5.26. The lowest BCUT2D eigenvalue weighted by molar-refractivity contribution is 0.420. The van der Waals surface area contributed by atoms with Crippen molar-refractivity contribution < 1.29 is 4.74 Å². The SMILES string of the molecule is COc1ccc(/C=N/NC(=S)Nc2ccc(C)cc2)c2ccccc12. The summed E-state index contributed by atoms with van der Waals surface area (Å²) >= 11 is 5.26. The van der Waals surface area contributed by atoms with E-state index in [0.717, 1.165) is 27.8 Å². The van der Waals surface area contributed by atoms with Crippen LogP contribution in [-0.4, -0.2) is 18.4 Å². The van der Waals surface area contributed by atoms with Gasteiger partial charge in [0.1, 0.15) is 5.75 Å². The minimum atomic E-state index is 0.443.